The van der Waals surface area contributed by atoms with Crippen molar-refractivity contribution in [3.05, 3.63) is 123 Å². The number of ether oxygens (including phenoxy) is 2. The molecule has 3 aromatic rings. The predicted octanol–water partition coefficient (Wildman–Crippen LogP) is 4.90. The summed E-state index contributed by atoms with van der Waals surface area (Å²) in [6.45, 7) is 6.70. The zero-order valence-electron chi connectivity index (χ0n) is 26.7. The van der Waals surface area contributed by atoms with E-state index in [0.29, 0.717) is 23.4 Å². The highest BCUT2D eigenvalue weighted by Gasteiger charge is 2.40. The van der Waals surface area contributed by atoms with Crippen LogP contribution < -0.4 is 15.7 Å². The number of hydrogen-bond donors (Lipinski definition) is 1. The Morgan fingerprint density at radius 2 is 1.46 bits per heavy atom. The van der Waals surface area contributed by atoms with Crippen molar-refractivity contribution in [1.82, 2.24) is 10.2 Å². The molecule has 1 N–H and O–H groups in total. The number of carbonyl (C=O) groups is 2. The summed E-state index contributed by atoms with van der Waals surface area (Å²) in [5.74, 6) is -2.05. The van der Waals surface area contributed by atoms with E-state index in [9.17, 15) is 19.7 Å². The molecule has 5 rings (SSSR count). The molecular weight excluding hydrogens is 598 g/mol. The summed E-state index contributed by atoms with van der Waals surface area (Å²) in [4.78, 5) is 40.0. The quantitative estimate of drug-likeness (QED) is 0.104. The van der Waals surface area contributed by atoms with Gasteiger partial charge in [0.15, 0.2) is 0 Å². The van der Waals surface area contributed by atoms with E-state index in [1.54, 1.807) is 26.0 Å². The largest absolute Gasteiger partial charge is 0.466 e. The maximum absolute atomic E-state index is 13.5. The first-order chi connectivity index (χ1) is 22.2. The Morgan fingerprint density at radius 3 is 2.02 bits per heavy atom. The fourth-order valence-corrected chi connectivity index (χ4v) is 11.7. The number of nitrogens with zero attached hydrogens (tertiary/aromatic N) is 2. The van der Waals surface area contributed by atoms with E-state index >= 15 is 0 Å². The van der Waals surface area contributed by atoms with Crippen molar-refractivity contribution in [2.45, 2.75) is 44.7 Å². The van der Waals surface area contributed by atoms with Gasteiger partial charge in [0.25, 0.3) is 5.69 Å². The first-order valence-corrected chi connectivity index (χ1v) is 18.2. The topological polar surface area (TPSA) is 111 Å². The van der Waals surface area contributed by atoms with E-state index in [1.165, 1.54) is 41.7 Å². The van der Waals surface area contributed by atoms with Crippen LogP contribution in [-0.4, -0.2) is 63.2 Å². The van der Waals surface area contributed by atoms with Crippen LogP contribution in [0.25, 0.3) is 0 Å². The molecule has 10 heteroatoms. The van der Waals surface area contributed by atoms with E-state index < -0.39 is 30.9 Å². The molecule has 0 spiro atoms. The summed E-state index contributed by atoms with van der Waals surface area (Å²) in [6, 6.07) is 30.3. The van der Waals surface area contributed by atoms with Gasteiger partial charge in [-0.3, -0.25) is 10.1 Å². The molecule has 1 fully saturated rings. The van der Waals surface area contributed by atoms with Crippen LogP contribution in [0.4, 0.5) is 5.69 Å². The Hall–Kier alpha value is -4.54. The SMILES string of the molecule is COC(=O)C1=C(C)NC(C)=C(C(=O)OCCCCN2CC[Si](c3ccccc3)(c3ccccc3)CC2)C1c1cccc([N+](=O)[O-])c1. The van der Waals surface area contributed by atoms with Gasteiger partial charge in [0, 0.05) is 23.5 Å². The lowest BCUT2D eigenvalue weighted by Gasteiger charge is -2.41. The molecule has 0 amide bonds. The summed E-state index contributed by atoms with van der Waals surface area (Å²) < 4.78 is 10.8. The van der Waals surface area contributed by atoms with Gasteiger partial charge in [-0.2, -0.15) is 0 Å². The maximum Gasteiger partial charge on any atom is 0.336 e. The maximum atomic E-state index is 13.5. The van der Waals surface area contributed by atoms with Gasteiger partial charge in [0.05, 0.1) is 35.7 Å². The third kappa shape index (κ3) is 6.98. The van der Waals surface area contributed by atoms with Gasteiger partial charge in [0.2, 0.25) is 0 Å². The molecule has 2 aliphatic heterocycles. The first-order valence-electron chi connectivity index (χ1n) is 15.8. The molecule has 0 radical (unpaired) electrons. The second-order valence-corrected chi connectivity index (χ2v) is 16.3. The Balaban J connectivity index is 1.20. The van der Waals surface area contributed by atoms with E-state index in [1.807, 2.05) is 0 Å². The van der Waals surface area contributed by atoms with Crippen molar-refractivity contribution in [3.63, 3.8) is 0 Å². The summed E-state index contributed by atoms with van der Waals surface area (Å²) in [6.07, 6.45) is 1.58. The Morgan fingerprint density at radius 1 is 0.870 bits per heavy atom. The van der Waals surface area contributed by atoms with Gasteiger partial charge in [0.1, 0.15) is 8.07 Å². The van der Waals surface area contributed by atoms with Crippen LogP contribution in [0.1, 0.15) is 38.2 Å². The standard InChI is InChI=1S/C36H41N3O6Si/c1-26-32(35(40)44-3)34(28-13-12-14-29(25-28)39(42)43)33(27(2)37-26)36(41)45-22-11-10-19-38-20-23-46(24-21-38,30-15-6-4-7-16-30)31-17-8-5-9-18-31/h4-9,12-18,25,34,37H,10-11,19-24H2,1-3H3. The highest BCUT2D eigenvalue weighted by Crippen LogP contribution is 2.40. The molecule has 1 unspecified atom stereocenters. The van der Waals surface area contributed by atoms with Crippen molar-refractivity contribution in [2.75, 3.05) is 33.4 Å². The minimum absolute atomic E-state index is 0.131. The third-order valence-electron chi connectivity index (χ3n) is 9.26. The molecule has 0 aromatic heterocycles. The van der Waals surface area contributed by atoms with Crippen molar-refractivity contribution in [3.8, 4) is 0 Å². The molecule has 46 heavy (non-hydrogen) atoms. The first kappa shape index (κ1) is 32.8. The van der Waals surface area contributed by atoms with Gasteiger partial charge in [-0.15, -0.1) is 0 Å². The number of dihydropyridines is 1. The van der Waals surface area contributed by atoms with Crippen LogP contribution in [0, 0.1) is 10.1 Å². The monoisotopic (exact) mass is 639 g/mol. The van der Waals surface area contributed by atoms with E-state index in [-0.39, 0.29) is 23.4 Å². The fraction of sp³-hybridized carbons (Fsp3) is 0.333. The number of rotatable bonds is 11. The van der Waals surface area contributed by atoms with E-state index in [2.05, 4.69) is 70.9 Å². The number of benzene rings is 3. The lowest BCUT2D eigenvalue weighted by Crippen LogP contribution is -2.63. The van der Waals surface area contributed by atoms with Crippen LogP contribution in [-0.2, 0) is 19.1 Å². The van der Waals surface area contributed by atoms with Gasteiger partial charge < -0.3 is 19.7 Å². The molecule has 2 aliphatic rings. The van der Waals surface area contributed by atoms with Crippen LogP contribution in [0.3, 0.4) is 0 Å². The number of nitrogens with one attached hydrogen (secondary N) is 1. The summed E-state index contributed by atoms with van der Waals surface area (Å²) in [7, 11) is -0.566. The lowest BCUT2D eigenvalue weighted by atomic mass is 9.80. The zero-order chi connectivity index (χ0) is 32.7. The number of unbranched alkanes of at least 4 members (excludes halogenated alkanes) is 1. The average molecular weight is 640 g/mol. The summed E-state index contributed by atoms with van der Waals surface area (Å²) in [5, 5.41) is 17.6. The van der Waals surface area contributed by atoms with Gasteiger partial charge in [-0.05, 0) is 64.0 Å². The zero-order valence-corrected chi connectivity index (χ0v) is 27.7. The van der Waals surface area contributed by atoms with Gasteiger partial charge >= 0.3 is 11.9 Å². The molecule has 240 valence electrons. The van der Waals surface area contributed by atoms with Gasteiger partial charge in [-0.25, -0.2) is 9.59 Å². The second-order valence-electron chi connectivity index (χ2n) is 12.0. The Bertz CT molecular complexity index is 1590. The molecule has 1 saturated heterocycles. The molecule has 9 nitrogen and oxygen atoms in total. The summed E-state index contributed by atoms with van der Waals surface area (Å²) >= 11 is 0. The highest BCUT2D eigenvalue weighted by atomic mass is 28.3. The molecule has 0 aliphatic carbocycles. The van der Waals surface area contributed by atoms with E-state index in [4.69, 9.17) is 9.47 Å². The van der Waals surface area contributed by atoms with Crippen LogP contribution in [0.2, 0.25) is 12.1 Å². The normalized spacial score (nSPS) is 18.1. The molecule has 1 atom stereocenters. The highest BCUT2D eigenvalue weighted by molar-refractivity contribution is 7.02. The lowest BCUT2D eigenvalue weighted by molar-refractivity contribution is -0.384. The van der Waals surface area contributed by atoms with Crippen LogP contribution >= 0.6 is 0 Å². The minimum Gasteiger partial charge on any atom is -0.466 e. The van der Waals surface area contributed by atoms with Crippen molar-refractivity contribution >= 4 is 36.1 Å². The summed E-state index contributed by atoms with van der Waals surface area (Å²) in [5.41, 5.74) is 1.82. The van der Waals surface area contributed by atoms with Crippen molar-refractivity contribution in [2.24, 2.45) is 0 Å². The number of non-ortho nitro benzene ring substituents is 1. The second kappa shape index (κ2) is 14.7. The molecule has 2 heterocycles. The molecule has 3 aromatic carbocycles. The molecule has 0 bridgehead atoms. The number of methoxy groups -OCH3 is 1. The number of esters is 2. The van der Waals surface area contributed by atoms with Crippen molar-refractivity contribution in [1.29, 1.82) is 0 Å². The Labute approximate surface area is 271 Å². The number of nitro groups is 1. The van der Waals surface area contributed by atoms with Crippen LogP contribution in [0.15, 0.2) is 107 Å². The van der Waals surface area contributed by atoms with Gasteiger partial charge in [-0.1, -0.05) is 83.2 Å². The van der Waals surface area contributed by atoms with Crippen LogP contribution in [0.5, 0.6) is 0 Å². The fourth-order valence-electron chi connectivity index (χ4n) is 6.89. The Kier molecular flexibility index (Phi) is 10.5. The number of carbonyl (C=O) groups excluding carboxylic acids is 2. The predicted molar refractivity (Wildman–Crippen MR) is 181 cm³/mol. The molecule has 0 saturated carbocycles. The number of hydrogen-bond acceptors (Lipinski definition) is 8. The minimum atomic E-state index is -1.83. The van der Waals surface area contributed by atoms with Crippen molar-refractivity contribution < 1.29 is 24.0 Å². The number of allylic oxidation sites excluding steroid dienone is 2. The van der Waals surface area contributed by atoms with E-state index in [0.717, 1.165) is 26.1 Å². The smallest absolute Gasteiger partial charge is 0.336 e. The number of nitro benzene ring substituents is 1. The average Bonchev–Trinajstić information content (AvgIpc) is 3.08. The molecular formula is C36H41N3O6Si. The third-order valence-corrected chi connectivity index (χ3v) is 14.3.